The summed E-state index contributed by atoms with van der Waals surface area (Å²) in [5, 5.41) is -1.77. The third kappa shape index (κ3) is 2.55. The molecule has 1 heterocycles. The van der Waals surface area contributed by atoms with Crippen molar-refractivity contribution in [1.29, 1.82) is 0 Å². The first-order valence-electron chi connectivity index (χ1n) is 7.19. The second-order valence-electron chi connectivity index (χ2n) is 5.35. The van der Waals surface area contributed by atoms with Crippen molar-refractivity contribution in [3.63, 3.8) is 0 Å². The zero-order chi connectivity index (χ0) is 17.3. The summed E-state index contributed by atoms with van der Waals surface area (Å²) in [6.45, 7) is 0. The summed E-state index contributed by atoms with van der Waals surface area (Å²) in [6, 6.07) is -1.06. The van der Waals surface area contributed by atoms with Gasteiger partial charge < -0.3 is 13.8 Å². The molecule has 2 atom stereocenters. The van der Waals surface area contributed by atoms with Crippen molar-refractivity contribution in [3.8, 4) is 0 Å². The molecule has 0 N–H and O–H groups in total. The molecule has 0 aromatic heterocycles. The lowest BCUT2D eigenvalue weighted by Crippen LogP contribution is -2.59. The van der Waals surface area contributed by atoms with Gasteiger partial charge in [0.1, 0.15) is 0 Å². The molecule has 0 aromatic carbocycles. The van der Waals surface area contributed by atoms with Crippen LogP contribution in [0.3, 0.4) is 0 Å². The van der Waals surface area contributed by atoms with Crippen LogP contribution in [-0.4, -0.2) is 55.2 Å². The SMILES string of the molecule is COC(=O)[C@@]1(P(=O)(OC)OC)CCC=C[C@@H]1N1C(=O)CCC1=O. The normalized spacial score (nSPS) is 28.3. The van der Waals surface area contributed by atoms with Crippen molar-refractivity contribution in [2.45, 2.75) is 36.9 Å². The van der Waals surface area contributed by atoms with Gasteiger partial charge in [-0.15, -0.1) is 0 Å². The van der Waals surface area contributed by atoms with Crippen molar-refractivity contribution in [1.82, 2.24) is 4.90 Å². The molecule has 23 heavy (non-hydrogen) atoms. The number of carbonyl (C=O) groups is 3. The Kier molecular flexibility index (Phi) is 5.08. The Balaban J connectivity index is 2.65. The highest BCUT2D eigenvalue weighted by Gasteiger charge is 2.65. The fourth-order valence-corrected chi connectivity index (χ4v) is 5.29. The number of carbonyl (C=O) groups excluding carboxylic acids is 3. The Morgan fingerprint density at radius 1 is 1.22 bits per heavy atom. The molecule has 0 radical (unpaired) electrons. The van der Waals surface area contributed by atoms with E-state index < -0.39 is 36.6 Å². The number of amides is 2. The number of hydrogen-bond donors (Lipinski definition) is 0. The van der Waals surface area contributed by atoms with E-state index in [-0.39, 0.29) is 19.3 Å². The monoisotopic (exact) mass is 345 g/mol. The van der Waals surface area contributed by atoms with Gasteiger partial charge in [-0.1, -0.05) is 12.2 Å². The largest absolute Gasteiger partial charge is 0.468 e. The molecular weight excluding hydrogens is 325 g/mol. The zero-order valence-corrected chi connectivity index (χ0v) is 14.2. The van der Waals surface area contributed by atoms with Gasteiger partial charge in [-0.3, -0.25) is 23.8 Å². The number of nitrogens with zero attached hydrogens (tertiary/aromatic N) is 1. The van der Waals surface area contributed by atoms with Gasteiger partial charge in [0.05, 0.1) is 13.2 Å². The standard InChI is InChI=1S/C14H20NO7P/c1-20-13(18)14(23(19,21-2)22-3)9-5-4-6-10(14)15-11(16)7-8-12(15)17/h4,6,10H,5,7-9H2,1-3H3/t10-,14+/m0/s1. The number of imide groups is 1. The molecule has 8 nitrogen and oxygen atoms in total. The second kappa shape index (κ2) is 6.55. The number of esters is 1. The number of ether oxygens (including phenoxy) is 1. The predicted octanol–water partition coefficient (Wildman–Crippen LogP) is 1.25. The Bertz CT molecular complexity index is 578. The molecule has 0 unspecified atom stereocenters. The van der Waals surface area contributed by atoms with E-state index in [2.05, 4.69) is 0 Å². The molecular formula is C14H20NO7P. The highest BCUT2D eigenvalue weighted by atomic mass is 31.2. The van der Waals surface area contributed by atoms with E-state index in [0.717, 1.165) is 26.2 Å². The van der Waals surface area contributed by atoms with E-state index >= 15 is 0 Å². The van der Waals surface area contributed by atoms with E-state index in [1.165, 1.54) is 6.08 Å². The average molecular weight is 345 g/mol. The van der Waals surface area contributed by atoms with E-state index in [4.69, 9.17) is 13.8 Å². The maximum atomic E-state index is 13.2. The first kappa shape index (κ1) is 17.8. The van der Waals surface area contributed by atoms with E-state index in [9.17, 15) is 18.9 Å². The summed E-state index contributed by atoms with van der Waals surface area (Å²) in [4.78, 5) is 37.8. The quantitative estimate of drug-likeness (QED) is 0.320. The molecule has 9 heteroatoms. The molecule has 1 fully saturated rings. The second-order valence-corrected chi connectivity index (χ2v) is 7.87. The van der Waals surface area contributed by atoms with E-state index in [0.29, 0.717) is 6.42 Å². The molecule has 2 amide bonds. The maximum Gasteiger partial charge on any atom is 0.349 e. The van der Waals surface area contributed by atoms with Crippen LogP contribution in [0.2, 0.25) is 0 Å². The zero-order valence-electron chi connectivity index (χ0n) is 13.3. The highest BCUT2D eigenvalue weighted by Crippen LogP contribution is 2.64. The van der Waals surface area contributed by atoms with Crippen LogP contribution in [0.4, 0.5) is 0 Å². The van der Waals surface area contributed by atoms with Gasteiger partial charge in [-0.25, -0.2) is 0 Å². The third-order valence-corrected chi connectivity index (χ3v) is 6.99. The highest BCUT2D eigenvalue weighted by molar-refractivity contribution is 7.57. The minimum atomic E-state index is -3.99. The molecule has 1 aliphatic heterocycles. The van der Waals surface area contributed by atoms with Crippen molar-refractivity contribution in [3.05, 3.63) is 12.2 Å². The summed E-state index contributed by atoms with van der Waals surface area (Å²) in [6.07, 6.45) is 3.89. The molecule has 1 saturated heterocycles. The average Bonchev–Trinajstić information content (AvgIpc) is 2.91. The summed E-state index contributed by atoms with van der Waals surface area (Å²) in [7, 11) is -0.509. The fourth-order valence-electron chi connectivity index (χ4n) is 3.25. The lowest BCUT2D eigenvalue weighted by Gasteiger charge is -2.44. The van der Waals surface area contributed by atoms with Crippen LogP contribution in [-0.2, 0) is 32.7 Å². The summed E-state index contributed by atoms with van der Waals surface area (Å²) >= 11 is 0. The predicted molar refractivity (Wildman–Crippen MR) is 79.6 cm³/mol. The first-order valence-corrected chi connectivity index (χ1v) is 8.73. The summed E-state index contributed by atoms with van der Waals surface area (Å²) in [5.74, 6) is -1.66. The fraction of sp³-hybridized carbons (Fsp3) is 0.643. The number of likely N-dealkylation sites (tertiary alicyclic amines) is 1. The topological polar surface area (TPSA) is 99.2 Å². The molecule has 0 spiro atoms. The third-order valence-electron chi connectivity index (χ3n) is 4.38. The van der Waals surface area contributed by atoms with Gasteiger partial charge in [0.25, 0.3) is 0 Å². The lowest BCUT2D eigenvalue weighted by atomic mass is 9.87. The summed E-state index contributed by atoms with van der Waals surface area (Å²) in [5.41, 5.74) is 0. The Hall–Kier alpha value is -1.50. The number of hydrogen-bond acceptors (Lipinski definition) is 7. The number of rotatable bonds is 5. The minimum Gasteiger partial charge on any atom is -0.468 e. The van der Waals surface area contributed by atoms with Gasteiger partial charge in [-0.05, 0) is 12.8 Å². The maximum absolute atomic E-state index is 13.2. The van der Waals surface area contributed by atoms with Gasteiger partial charge in [0.2, 0.25) is 11.8 Å². The van der Waals surface area contributed by atoms with Crippen LogP contribution in [0.25, 0.3) is 0 Å². The molecule has 2 rings (SSSR count). The lowest BCUT2D eigenvalue weighted by molar-refractivity contribution is -0.149. The van der Waals surface area contributed by atoms with Crippen LogP contribution < -0.4 is 0 Å². The van der Waals surface area contributed by atoms with Crippen molar-refractivity contribution >= 4 is 25.4 Å². The molecule has 2 aliphatic rings. The van der Waals surface area contributed by atoms with Crippen LogP contribution >= 0.6 is 7.60 Å². The van der Waals surface area contributed by atoms with Crippen LogP contribution in [0, 0.1) is 0 Å². The Morgan fingerprint density at radius 3 is 2.26 bits per heavy atom. The molecule has 0 bridgehead atoms. The van der Waals surface area contributed by atoms with Crippen molar-refractivity contribution < 1.29 is 32.7 Å². The van der Waals surface area contributed by atoms with Crippen LogP contribution in [0.1, 0.15) is 25.7 Å². The number of methoxy groups -OCH3 is 1. The molecule has 1 aliphatic carbocycles. The molecule has 0 aromatic rings. The Labute approximate surface area is 134 Å². The number of allylic oxidation sites excluding steroid dienone is 1. The molecule has 0 saturated carbocycles. The van der Waals surface area contributed by atoms with E-state index in [1.807, 2.05) is 0 Å². The van der Waals surface area contributed by atoms with Gasteiger partial charge in [0.15, 0.2) is 5.16 Å². The minimum absolute atomic E-state index is 0.0602. The molecule has 128 valence electrons. The van der Waals surface area contributed by atoms with Gasteiger partial charge in [-0.2, -0.15) is 0 Å². The smallest absolute Gasteiger partial charge is 0.349 e. The van der Waals surface area contributed by atoms with Gasteiger partial charge >= 0.3 is 13.6 Å². The Morgan fingerprint density at radius 2 is 1.78 bits per heavy atom. The van der Waals surface area contributed by atoms with E-state index in [1.54, 1.807) is 6.08 Å². The van der Waals surface area contributed by atoms with Crippen LogP contribution in [0.15, 0.2) is 12.2 Å². The van der Waals surface area contributed by atoms with Gasteiger partial charge in [0, 0.05) is 27.1 Å². The van der Waals surface area contributed by atoms with Crippen molar-refractivity contribution in [2.24, 2.45) is 0 Å². The van der Waals surface area contributed by atoms with Crippen LogP contribution in [0.5, 0.6) is 0 Å². The first-order chi connectivity index (χ1) is 10.9. The van der Waals surface area contributed by atoms with Crippen molar-refractivity contribution in [2.75, 3.05) is 21.3 Å². The summed E-state index contributed by atoms with van der Waals surface area (Å²) < 4.78 is 28.2.